The smallest absolute Gasteiger partial charge is 0.387 e. The van der Waals surface area contributed by atoms with E-state index in [1.807, 2.05) is 6.07 Å². The average molecular weight is 359 g/mol. The van der Waals surface area contributed by atoms with E-state index in [0.717, 1.165) is 10.6 Å². The minimum atomic E-state index is -2.94. The molecule has 3 rings (SSSR count). The number of urea groups is 1. The Morgan fingerprint density at radius 1 is 1.12 bits per heavy atom. The summed E-state index contributed by atoms with van der Waals surface area (Å²) in [5.74, 6) is -0.611. The van der Waals surface area contributed by atoms with E-state index in [4.69, 9.17) is 0 Å². The first-order valence-electron chi connectivity index (χ1n) is 7.71. The van der Waals surface area contributed by atoms with Gasteiger partial charge in [-0.3, -0.25) is 4.79 Å². The fourth-order valence-electron chi connectivity index (χ4n) is 2.56. The van der Waals surface area contributed by atoms with E-state index in [9.17, 15) is 18.4 Å². The third-order valence-electron chi connectivity index (χ3n) is 3.95. The van der Waals surface area contributed by atoms with E-state index in [1.165, 1.54) is 37.4 Å². The number of rotatable bonds is 5. The predicted molar refractivity (Wildman–Crippen MR) is 89.8 cm³/mol. The zero-order valence-corrected chi connectivity index (χ0v) is 13.7. The summed E-state index contributed by atoms with van der Waals surface area (Å²) in [5, 5.41) is 7.28. The zero-order chi connectivity index (χ0) is 18.7. The molecule has 1 heterocycles. The van der Waals surface area contributed by atoms with Gasteiger partial charge in [0.25, 0.3) is 5.91 Å². The van der Waals surface area contributed by atoms with Crippen LogP contribution in [0.3, 0.4) is 0 Å². The third-order valence-corrected chi connectivity index (χ3v) is 3.95. The van der Waals surface area contributed by atoms with E-state index in [1.54, 1.807) is 24.3 Å². The molecule has 8 heteroatoms. The van der Waals surface area contributed by atoms with Gasteiger partial charge in [0.2, 0.25) is 0 Å². The van der Waals surface area contributed by atoms with Gasteiger partial charge in [-0.1, -0.05) is 42.5 Å². The first-order valence-corrected chi connectivity index (χ1v) is 7.71. The molecule has 134 valence electrons. The van der Waals surface area contributed by atoms with Crippen molar-refractivity contribution < 1.29 is 23.1 Å². The lowest BCUT2D eigenvalue weighted by molar-refractivity contribution is -0.131. The van der Waals surface area contributed by atoms with Gasteiger partial charge < -0.3 is 10.1 Å². The molecule has 0 radical (unpaired) electrons. The highest BCUT2D eigenvalue weighted by Crippen LogP contribution is 2.30. The van der Waals surface area contributed by atoms with Crippen LogP contribution in [0.25, 0.3) is 0 Å². The fourth-order valence-corrected chi connectivity index (χ4v) is 2.56. The van der Waals surface area contributed by atoms with Gasteiger partial charge in [-0.05, 0) is 30.2 Å². The molecule has 0 spiro atoms. The molecule has 1 aliphatic heterocycles. The molecule has 0 aromatic heterocycles. The van der Waals surface area contributed by atoms with Crippen molar-refractivity contribution in [2.75, 3.05) is 0 Å². The highest BCUT2D eigenvalue weighted by atomic mass is 19.3. The number of nitrogens with zero attached hydrogens (tertiary/aromatic N) is 2. The third kappa shape index (κ3) is 3.39. The molecule has 0 saturated carbocycles. The van der Waals surface area contributed by atoms with Crippen LogP contribution in [-0.4, -0.2) is 29.8 Å². The van der Waals surface area contributed by atoms with Crippen LogP contribution in [0, 0.1) is 0 Å². The molecular weight excluding hydrogens is 344 g/mol. The molecular formula is C18H15F2N3O3. The monoisotopic (exact) mass is 359 g/mol. The van der Waals surface area contributed by atoms with Crippen molar-refractivity contribution in [2.24, 2.45) is 5.10 Å². The van der Waals surface area contributed by atoms with Crippen molar-refractivity contribution in [2.45, 2.75) is 19.1 Å². The Hall–Kier alpha value is -3.29. The summed E-state index contributed by atoms with van der Waals surface area (Å²) < 4.78 is 28.7. The van der Waals surface area contributed by atoms with Crippen molar-refractivity contribution in [3.63, 3.8) is 0 Å². The van der Waals surface area contributed by atoms with Crippen LogP contribution in [0.2, 0.25) is 0 Å². The minimum absolute atomic E-state index is 0.0388. The Bertz CT molecular complexity index is 841. The number of benzene rings is 2. The van der Waals surface area contributed by atoms with Gasteiger partial charge in [0.05, 0.1) is 6.21 Å². The quantitative estimate of drug-likeness (QED) is 0.659. The zero-order valence-electron chi connectivity index (χ0n) is 13.7. The molecule has 1 atom stereocenters. The van der Waals surface area contributed by atoms with Crippen LogP contribution < -0.4 is 10.1 Å². The second kappa shape index (κ2) is 6.91. The number of carbonyl (C=O) groups excluding carboxylic acids is 2. The minimum Gasteiger partial charge on any atom is -0.435 e. The number of hydrogen-bond donors (Lipinski definition) is 1. The Balaban J connectivity index is 1.81. The Kier molecular flexibility index (Phi) is 4.66. The van der Waals surface area contributed by atoms with Crippen LogP contribution in [0.4, 0.5) is 13.6 Å². The molecule has 0 aliphatic carbocycles. The van der Waals surface area contributed by atoms with E-state index >= 15 is 0 Å². The molecule has 0 bridgehead atoms. The number of alkyl halides is 2. The summed E-state index contributed by atoms with van der Waals surface area (Å²) in [6, 6.07) is 13.8. The molecule has 6 nitrogen and oxygen atoms in total. The summed E-state index contributed by atoms with van der Waals surface area (Å²) in [4.78, 5) is 24.9. The lowest BCUT2D eigenvalue weighted by Crippen LogP contribution is -2.40. The molecule has 2 aromatic rings. The maximum absolute atomic E-state index is 12.7. The van der Waals surface area contributed by atoms with E-state index < -0.39 is 24.1 Å². The average Bonchev–Trinajstić information content (AvgIpc) is 2.84. The summed E-state index contributed by atoms with van der Waals surface area (Å²) in [6.07, 6.45) is 1.41. The Morgan fingerprint density at radius 2 is 1.77 bits per heavy atom. The lowest BCUT2D eigenvalue weighted by Gasteiger charge is -2.21. The number of carbonyl (C=O) groups is 2. The Labute approximate surface area is 148 Å². The van der Waals surface area contributed by atoms with Gasteiger partial charge in [-0.15, -0.1) is 5.01 Å². The number of imide groups is 1. The highest BCUT2D eigenvalue weighted by Gasteiger charge is 2.49. The van der Waals surface area contributed by atoms with E-state index in [-0.39, 0.29) is 5.75 Å². The van der Waals surface area contributed by atoms with Crippen LogP contribution in [0.15, 0.2) is 59.7 Å². The van der Waals surface area contributed by atoms with Gasteiger partial charge in [0, 0.05) is 0 Å². The molecule has 1 N–H and O–H groups in total. The molecule has 2 aromatic carbocycles. The van der Waals surface area contributed by atoms with Gasteiger partial charge in [-0.25, -0.2) is 4.79 Å². The fraction of sp³-hybridized carbons (Fsp3) is 0.167. The molecule has 26 heavy (non-hydrogen) atoms. The van der Waals surface area contributed by atoms with Crippen LogP contribution in [0.5, 0.6) is 5.75 Å². The summed E-state index contributed by atoms with van der Waals surface area (Å²) in [5.41, 5.74) is -0.195. The summed E-state index contributed by atoms with van der Waals surface area (Å²) >= 11 is 0. The van der Waals surface area contributed by atoms with E-state index in [2.05, 4.69) is 15.2 Å². The molecule has 1 unspecified atom stereocenters. The molecule has 1 saturated heterocycles. The lowest BCUT2D eigenvalue weighted by atomic mass is 9.92. The molecule has 1 aliphatic rings. The number of halogens is 2. The van der Waals surface area contributed by atoms with E-state index in [0.29, 0.717) is 5.56 Å². The highest BCUT2D eigenvalue weighted by molar-refractivity contribution is 6.07. The molecule has 3 amide bonds. The maximum atomic E-state index is 12.7. The number of nitrogens with one attached hydrogen (secondary N) is 1. The summed E-state index contributed by atoms with van der Waals surface area (Å²) in [7, 11) is 0. The largest absolute Gasteiger partial charge is 0.435 e. The van der Waals surface area contributed by atoms with Gasteiger partial charge in [0.1, 0.15) is 11.3 Å². The van der Waals surface area contributed by atoms with Crippen molar-refractivity contribution in [3.8, 4) is 5.75 Å². The van der Waals surface area contributed by atoms with Crippen molar-refractivity contribution in [3.05, 3.63) is 65.7 Å². The van der Waals surface area contributed by atoms with Gasteiger partial charge in [-0.2, -0.15) is 13.9 Å². The summed E-state index contributed by atoms with van der Waals surface area (Å²) in [6.45, 7) is -1.42. The van der Waals surface area contributed by atoms with Crippen LogP contribution in [0.1, 0.15) is 18.1 Å². The standard InChI is InChI=1S/C18H15F2N3O3/c1-18(13-7-9-14(10-8-13)26-16(19)20)15(24)23(17(25)22-18)21-11-12-5-3-2-4-6-12/h2-11,16H,1H3,(H,22,25). The number of amides is 3. The number of ether oxygens (including phenoxy) is 1. The van der Waals surface area contributed by atoms with Gasteiger partial charge >= 0.3 is 12.6 Å². The van der Waals surface area contributed by atoms with Crippen molar-refractivity contribution in [1.82, 2.24) is 10.3 Å². The predicted octanol–water partition coefficient (Wildman–Crippen LogP) is 3.09. The second-order valence-corrected chi connectivity index (χ2v) is 5.73. The number of hydrazone groups is 1. The normalized spacial score (nSPS) is 20.1. The molecule has 1 fully saturated rings. The topological polar surface area (TPSA) is 71.0 Å². The SMILES string of the molecule is CC1(c2ccc(OC(F)F)cc2)NC(=O)N(N=Cc2ccccc2)C1=O. The number of hydrogen-bond acceptors (Lipinski definition) is 4. The maximum Gasteiger partial charge on any atom is 0.387 e. The van der Waals surface area contributed by atoms with Crippen molar-refractivity contribution in [1.29, 1.82) is 0 Å². The van der Waals surface area contributed by atoms with Gasteiger partial charge in [0.15, 0.2) is 0 Å². The van der Waals surface area contributed by atoms with Crippen LogP contribution >= 0.6 is 0 Å². The second-order valence-electron chi connectivity index (χ2n) is 5.73. The Morgan fingerprint density at radius 3 is 2.38 bits per heavy atom. The first-order chi connectivity index (χ1) is 12.4. The van der Waals surface area contributed by atoms with Crippen LogP contribution in [-0.2, 0) is 10.3 Å². The van der Waals surface area contributed by atoms with Crippen molar-refractivity contribution >= 4 is 18.2 Å². The first kappa shape index (κ1) is 17.5.